The zero-order valence-corrected chi connectivity index (χ0v) is 10.9. The molecule has 2 aromatic rings. The molecule has 2 heterocycles. The van der Waals surface area contributed by atoms with E-state index in [2.05, 4.69) is 21.2 Å². The van der Waals surface area contributed by atoms with E-state index in [1.165, 1.54) is 0 Å². The van der Waals surface area contributed by atoms with Gasteiger partial charge in [-0.25, -0.2) is 0 Å². The summed E-state index contributed by atoms with van der Waals surface area (Å²) in [7, 11) is 0. The van der Waals surface area contributed by atoms with Crippen LogP contribution in [0.2, 0.25) is 0 Å². The second-order valence-corrected chi connectivity index (χ2v) is 4.54. The third-order valence-corrected chi connectivity index (χ3v) is 2.69. The number of rotatable bonds is 4. The van der Waals surface area contributed by atoms with Crippen LogP contribution in [0.1, 0.15) is 23.2 Å². The van der Waals surface area contributed by atoms with Crippen molar-refractivity contribution in [3.63, 3.8) is 0 Å². The minimum absolute atomic E-state index is 0.0162. The number of hydrogen-bond donors (Lipinski definition) is 1. The monoisotopic (exact) mass is 297 g/mol. The summed E-state index contributed by atoms with van der Waals surface area (Å²) in [5.41, 5.74) is 0. The number of carbonyl (C=O) groups excluding carboxylic acids is 1. The summed E-state index contributed by atoms with van der Waals surface area (Å²) in [5.74, 6) is 0.913. The Morgan fingerprint density at radius 3 is 2.88 bits per heavy atom. The molecule has 0 aliphatic rings. The summed E-state index contributed by atoms with van der Waals surface area (Å²) in [5, 5.41) is 2.83. The molecule has 1 N–H and O–H groups in total. The van der Waals surface area contributed by atoms with Crippen LogP contribution in [-0.4, -0.2) is 11.9 Å². The van der Waals surface area contributed by atoms with Crippen molar-refractivity contribution in [1.82, 2.24) is 5.32 Å². The van der Waals surface area contributed by atoms with Crippen molar-refractivity contribution < 1.29 is 13.6 Å². The van der Waals surface area contributed by atoms with E-state index in [0.29, 0.717) is 16.9 Å². The Labute approximate surface area is 107 Å². The first-order valence-electron chi connectivity index (χ1n) is 5.24. The van der Waals surface area contributed by atoms with Gasteiger partial charge in [0, 0.05) is 12.5 Å². The van der Waals surface area contributed by atoms with Gasteiger partial charge in [-0.05, 0) is 47.1 Å². The molecule has 0 spiro atoms. The zero-order chi connectivity index (χ0) is 12.3. The standard InChI is InChI=1S/C12H12BrNO3/c1-8(7-9-3-2-6-16-9)14-12(15)10-4-5-11(13)17-10/h2-6,8H,7H2,1H3,(H,14,15)/t8-/m0/s1. The van der Waals surface area contributed by atoms with Crippen molar-refractivity contribution >= 4 is 21.8 Å². The van der Waals surface area contributed by atoms with E-state index in [1.807, 2.05) is 19.1 Å². The summed E-state index contributed by atoms with van der Waals surface area (Å²) in [6.07, 6.45) is 2.27. The Hall–Kier alpha value is -1.49. The minimum Gasteiger partial charge on any atom is -0.469 e. The van der Waals surface area contributed by atoms with Gasteiger partial charge in [0.2, 0.25) is 0 Å². The summed E-state index contributed by atoms with van der Waals surface area (Å²) in [6, 6.07) is 7.00. The topological polar surface area (TPSA) is 55.4 Å². The maximum absolute atomic E-state index is 11.7. The third-order valence-electron chi connectivity index (χ3n) is 2.26. The van der Waals surface area contributed by atoms with Crippen LogP contribution in [0.5, 0.6) is 0 Å². The number of furan rings is 2. The first-order chi connectivity index (χ1) is 8.15. The van der Waals surface area contributed by atoms with E-state index < -0.39 is 0 Å². The van der Waals surface area contributed by atoms with Gasteiger partial charge in [0.1, 0.15) is 5.76 Å². The van der Waals surface area contributed by atoms with Gasteiger partial charge in [-0.1, -0.05) is 0 Å². The quantitative estimate of drug-likeness (QED) is 0.944. The van der Waals surface area contributed by atoms with Crippen LogP contribution in [0, 0.1) is 0 Å². The highest BCUT2D eigenvalue weighted by Gasteiger charge is 2.14. The maximum Gasteiger partial charge on any atom is 0.287 e. The molecule has 0 radical (unpaired) electrons. The van der Waals surface area contributed by atoms with Gasteiger partial charge in [0.25, 0.3) is 5.91 Å². The molecule has 4 nitrogen and oxygen atoms in total. The van der Waals surface area contributed by atoms with Crippen molar-refractivity contribution in [3.8, 4) is 0 Å². The molecule has 0 aliphatic heterocycles. The molecule has 2 rings (SSSR count). The van der Waals surface area contributed by atoms with Crippen LogP contribution in [0.3, 0.4) is 0 Å². The van der Waals surface area contributed by atoms with Gasteiger partial charge in [0.05, 0.1) is 6.26 Å². The Balaban J connectivity index is 1.90. The van der Waals surface area contributed by atoms with E-state index in [0.717, 1.165) is 5.76 Å². The second kappa shape index (κ2) is 5.23. The largest absolute Gasteiger partial charge is 0.469 e. The Kier molecular flexibility index (Phi) is 3.68. The van der Waals surface area contributed by atoms with Crippen LogP contribution >= 0.6 is 15.9 Å². The Morgan fingerprint density at radius 1 is 1.47 bits per heavy atom. The lowest BCUT2D eigenvalue weighted by Gasteiger charge is -2.10. The highest BCUT2D eigenvalue weighted by molar-refractivity contribution is 9.10. The molecule has 0 fully saturated rings. The number of amides is 1. The molecular formula is C12H12BrNO3. The first kappa shape index (κ1) is 12.0. The zero-order valence-electron chi connectivity index (χ0n) is 9.27. The van der Waals surface area contributed by atoms with Crippen molar-refractivity contribution in [2.75, 3.05) is 0 Å². The lowest BCUT2D eigenvalue weighted by atomic mass is 10.2. The van der Waals surface area contributed by atoms with Crippen LogP contribution in [0.15, 0.2) is 44.0 Å². The van der Waals surface area contributed by atoms with Crippen molar-refractivity contribution in [1.29, 1.82) is 0 Å². The van der Waals surface area contributed by atoms with Crippen molar-refractivity contribution in [2.24, 2.45) is 0 Å². The number of hydrogen-bond acceptors (Lipinski definition) is 3. The Morgan fingerprint density at radius 2 is 2.29 bits per heavy atom. The van der Waals surface area contributed by atoms with Gasteiger partial charge < -0.3 is 14.2 Å². The van der Waals surface area contributed by atoms with Crippen LogP contribution in [0.25, 0.3) is 0 Å². The number of halogens is 1. The average Bonchev–Trinajstić information content (AvgIpc) is 2.89. The summed E-state index contributed by atoms with van der Waals surface area (Å²) >= 11 is 3.15. The van der Waals surface area contributed by atoms with E-state index in [9.17, 15) is 4.79 Å². The number of nitrogens with one attached hydrogen (secondary N) is 1. The highest BCUT2D eigenvalue weighted by atomic mass is 79.9. The number of carbonyl (C=O) groups is 1. The molecule has 90 valence electrons. The fourth-order valence-corrected chi connectivity index (χ4v) is 1.82. The van der Waals surface area contributed by atoms with Gasteiger partial charge in [-0.15, -0.1) is 0 Å². The maximum atomic E-state index is 11.7. The van der Waals surface area contributed by atoms with Gasteiger partial charge >= 0.3 is 0 Å². The molecule has 2 aromatic heterocycles. The fourth-order valence-electron chi connectivity index (χ4n) is 1.51. The van der Waals surface area contributed by atoms with E-state index >= 15 is 0 Å². The third kappa shape index (κ3) is 3.23. The molecule has 1 atom stereocenters. The summed E-state index contributed by atoms with van der Waals surface area (Å²) in [6.45, 7) is 1.92. The van der Waals surface area contributed by atoms with Gasteiger partial charge in [0.15, 0.2) is 10.4 Å². The highest BCUT2D eigenvalue weighted by Crippen LogP contribution is 2.14. The van der Waals surface area contributed by atoms with E-state index in [4.69, 9.17) is 8.83 Å². The average molecular weight is 298 g/mol. The lowest BCUT2D eigenvalue weighted by Crippen LogP contribution is -2.33. The normalized spacial score (nSPS) is 12.4. The van der Waals surface area contributed by atoms with E-state index in [1.54, 1.807) is 18.4 Å². The van der Waals surface area contributed by atoms with Crippen LogP contribution in [-0.2, 0) is 6.42 Å². The molecule has 1 amide bonds. The fraction of sp³-hybridized carbons (Fsp3) is 0.250. The first-order valence-corrected chi connectivity index (χ1v) is 6.03. The summed E-state index contributed by atoms with van der Waals surface area (Å²) in [4.78, 5) is 11.7. The van der Waals surface area contributed by atoms with Crippen LogP contribution < -0.4 is 5.32 Å². The SMILES string of the molecule is C[C@@H](Cc1ccco1)NC(=O)c1ccc(Br)o1. The molecular weight excluding hydrogens is 286 g/mol. The van der Waals surface area contributed by atoms with Gasteiger partial charge in [-0.2, -0.15) is 0 Å². The van der Waals surface area contributed by atoms with Crippen LogP contribution in [0.4, 0.5) is 0 Å². The summed E-state index contributed by atoms with van der Waals surface area (Å²) < 4.78 is 10.9. The lowest BCUT2D eigenvalue weighted by molar-refractivity contribution is 0.0910. The van der Waals surface area contributed by atoms with E-state index in [-0.39, 0.29) is 11.9 Å². The van der Waals surface area contributed by atoms with Crippen molar-refractivity contribution in [2.45, 2.75) is 19.4 Å². The Bertz CT molecular complexity index is 490. The molecule has 0 aromatic carbocycles. The second-order valence-electron chi connectivity index (χ2n) is 3.76. The molecule has 0 unspecified atom stereocenters. The molecule has 0 bridgehead atoms. The predicted molar refractivity (Wildman–Crippen MR) is 65.7 cm³/mol. The molecule has 5 heteroatoms. The molecule has 0 saturated carbocycles. The smallest absolute Gasteiger partial charge is 0.287 e. The molecule has 0 saturated heterocycles. The van der Waals surface area contributed by atoms with Gasteiger partial charge in [-0.3, -0.25) is 4.79 Å². The molecule has 0 aliphatic carbocycles. The minimum atomic E-state index is -0.227. The molecule has 17 heavy (non-hydrogen) atoms. The van der Waals surface area contributed by atoms with Crippen molar-refractivity contribution in [3.05, 3.63) is 46.7 Å². The predicted octanol–water partition coefficient (Wildman–Crippen LogP) is 3.00.